The lowest BCUT2D eigenvalue weighted by Crippen LogP contribution is -2.41. The van der Waals surface area contributed by atoms with Crippen LogP contribution in [0.1, 0.15) is 33.6 Å². The van der Waals surface area contributed by atoms with Crippen LogP contribution in [0.5, 0.6) is 0 Å². The topological polar surface area (TPSA) is 71.3 Å². The first-order chi connectivity index (χ1) is 12.6. The van der Waals surface area contributed by atoms with E-state index in [9.17, 15) is 4.79 Å². The summed E-state index contributed by atoms with van der Waals surface area (Å²) in [5.41, 5.74) is 1.84. The lowest BCUT2D eigenvalue weighted by atomic mass is 9.97. The van der Waals surface area contributed by atoms with Crippen LogP contribution < -0.4 is 10.2 Å². The molecule has 7 heteroatoms. The molecule has 0 radical (unpaired) electrons. The lowest BCUT2D eigenvalue weighted by Gasteiger charge is -2.34. The fourth-order valence-electron chi connectivity index (χ4n) is 3.56. The van der Waals surface area contributed by atoms with E-state index in [1.165, 1.54) is 28.4 Å². The molecule has 4 heterocycles. The second-order valence-electron chi connectivity index (χ2n) is 6.84. The van der Waals surface area contributed by atoms with Crippen molar-refractivity contribution in [2.45, 2.75) is 26.7 Å². The van der Waals surface area contributed by atoms with Crippen LogP contribution in [0.25, 0.3) is 10.2 Å². The van der Waals surface area contributed by atoms with E-state index >= 15 is 0 Å². The standard InChI is InChI=1S/C19H22N4O2S/c1-12-13(2)26-19-16(12)17(21-11-22-19)23-6-3-4-14(9-23)8-20-18(24)15-5-7-25-10-15/h5,7,10-11,14H,3-4,6,8-9H2,1-2H3,(H,20,24). The normalized spacial score (nSPS) is 17.6. The fourth-order valence-corrected chi connectivity index (χ4v) is 4.55. The van der Waals surface area contributed by atoms with Crippen LogP contribution in [0.4, 0.5) is 5.82 Å². The molecule has 1 saturated heterocycles. The number of rotatable bonds is 4. The number of carbonyl (C=O) groups is 1. The van der Waals surface area contributed by atoms with Crippen molar-refractivity contribution in [2.24, 2.45) is 5.92 Å². The zero-order chi connectivity index (χ0) is 18.1. The number of thiophene rings is 1. The summed E-state index contributed by atoms with van der Waals surface area (Å²) in [6, 6.07) is 1.68. The maximum atomic E-state index is 12.1. The molecule has 136 valence electrons. The first-order valence-corrected chi connectivity index (χ1v) is 9.71. The van der Waals surface area contributed by atoms with Crippen molar-refractivity contribution >= 4 is 33.3 Å². The average molecular weight is 370 g/mol. The molecule has 0 aromatic carbocycles. The number of carbonyl (C=O) groups excluding carboxylic acids is 1. The van der Waals surface area contributed by atoms with Crippen LogP contribution in [0.2, 0.25) is 0 Å². The summed E-state index contributed by atoms with van der Waals surface area (Å²) >= 11 is 1.73. The van der Waals surface area contributed by atoms with Gasteiger partial charge in [-0.1, -0.05) is 0 Å². The van der Waals surface area contributed by atoms with Crippen LogP contribution >= 0.6 is 11.3 Å². The van der Waals surface area contributed by atoms with Gasteiger partial charge in [-0.2, -0.15) is 0 Å². The predicted octanol–water partition coefficient (Wildman–Crippen LogP) is 3.55. The first kappa shape index (κ1) is 17.0. The van der Waals surface area contributed by atoms with Gasteiger partial charge in [0.15, 0.2) is 0 Å². The minimum absolute atomic E-state index is 0.0791. The number of aromatic nitrogens is 2. The van der Waals surface area contributed by atoms with Gasteiger partial charge in [0, 0.05) is 24.5 Å². The number of nitrogens with one attached hydrogen (secondary N) is 1. The van der Waals surface area contributed by atoms with Crippen LogP contribution in [0, 0.1) is 19.8 Å². The molecule has 1 aliphatic heterocycles. The third kappa shape index (κ3) is 3.19. The van der Waals surface area contributed by atoms with E-state index in [1.807, 2.05) is 0 Å². The van der Waals surface area contributed by atoms with E-state index in [0.29, 0.717) is 18.0 Å². The van der Waals surface area contributed by atoms with Gasteiger partial charge < -0.3 is 14.6 Å². The molecule has 1 atom stereocenters. The second-order valence-corrected chi connectivity index (χ2v) is 8.04. The first-order valence-electron chi connectivity index (χ1n) is 8.89. The molecule has 0 spiro atoms. The van der Waals surface area contributed by atoms with Crippen LogP contribution in [0.3, 0.4) is 0 Å². The van der Waals surface area contributed by atoms with Crippen molar-refractivity contribution in [1.29, 1.82) is 0 Å². The molecule has 4 rings (SSSR count). The molecule has 3 aromatic heterocycles. The Morgan fingerprint density at radius 2 is 2.31 bits per heavy atom. The van der Waals surface area contributed by atoms with Gasteiger partial charge in [-0.05, 0) is 44.2 Å². The Kier molecular flexibility index (Phi) is 4.63. The molecule has 3 aromatic rings. The number of fused-ring (bicyclic) bond motifs is 1. The summed E-state index contributed by atoms with van der Waals surface area (Å²) in [6.45, 7) is 6.83. The molecule has 26 heavy (non-hydrogen) atoms. The second kappa shape index (κ2) is 7.07. The largest absolute Gasteiger partial charge is 0.472 e. The van der Waals surface area contributed by atoms with E-state index in [-0.39, 0.29) is 5.91 Å². The Bertz CT molecular complexity index is 919. The highest BCUT2D eigenvalue weighted by Gasteiger charge is 2.24. The highest BCUT2D eigenvalue weighted by atomic mass is 32.1. The van der Waals surface area contributed by atoms with Crippen LogP contribution in [-0.4, -0.2) is 35.5 Å². The van der Waals surface area contributed by atoms with Crippen molar-refractivity contribution < 1.29 is 9.21 Å². The molecule has 1 N–H and O–H groups in total. The maximum absolute atomic E-state index is 12.1. The number of hydrogen-bond donors (Lipinski definition) is 1. The Morgan fingerprint density at radius 1 is 1.42 bits per heavy atom. The van der Waals surface area contributed by atoms with Gasteiger partial charge in [-0.3, -0.25) is 4.79 Å². The van der Waals surface area contributed by atoms with Crippen molar-refractivity contribution in [3.63, 3.8) is 0 Å². The molecule has 0 saturated carbocycles. The summed E-state index contributed by atoms with van der Waals surface area (Å²) in [7, 11) is 0. The van der Waals surface area contributed by atoms with E-state index in [0.717, 1.165) is 36.6 Å². The highest BCUT2D eigenvalue weighted by Crippen LogP contribution is 2.35. The molecule has 1 fully saturated rings. The van der Waals surface area contributed by atoms with Crippen LogP contribution in [0.15, 0.2) is 29.3 Å². The number of anilines is 1. The Balaban J connectivity index is 1.48. The zero-order valence-corrected chi connectivity index (χ0v) is 15.8. The molecule has 0 bridgehead atoms. The zero-order valence-electron chi connectivity index (χ0n) is 15.0. The van der Waals surface area contributed by atoms with Gasteiger partial charge in [0.25, 0.3) is 5.91 Å². The SMILES string of the molecule is Cc1sc2ncnc(N3CCCC(CNC(=O)c4ccoc4)C3)c2c1C. The fraction of sp³-hybridized carbons (Fsp3) is 0.421. The number of hydrogen-bond acceptors (Lipinski definition) is 6. The summed E-state index contributed by atoms with van der Waals surface area (Å²) in [5.74, 6) is 1.36. The molecular weight excluding hydrogens is 348 g/mol. The predicted molar refractivity (Wildman–Crippen MR) is 103 cm³/mol. The molecule has 1 aliphatic rings. The van der Waals surface area contributed by atoms with Crippen molar-refractivity contribution in [2.75, 3.05) is 24.5 Å². The number of aryl methyl sites for hydroxylation is 2. The molecule has 1 unspecified atom stereocenters. The van der Waals surface area contributed by atoms with Gasteiger partial charge in [0.05, 0.1) is 17.2 Å². The summed E-state index contributed by atoms with van der Waals surface area (Å²) < 4.78 is 4.97. The van der Waals surface area contributed by atoms with Gasteiger partial charge >= 0.3 is 0 Å². The maximum Gasteiger partial charge on any atom is 0.254 e. The molecule has 1 amide bonds. The summed E-state index contributed by atoms with van der Waals surface area (Å²) in [4.78, 5) is 25.9. The number of piperidine rings is 1. The van der Waals surface area contributed by atoms with E-state index < -0.39 is 0 Å². The Morgan fingerprint density at radius 3 is 3.12 bits per heavy atom. The quantitative estimate of drug-likeness (QED) is 0.760. The average Bonchev–Trinajstić information content (AvgIpc) is 3.29. The van der Waals surface area contributed by atoms with E-state index in [1.54, 1.807) is 23.7 Å². The smallest absolute Gasteiger partial charge is 0.254 e. The Labute approximate surface area is 156 Å². The minimum atomic E-state index is -0.0791. The van der Waals surface area contributed by atoms with Gasteiger partial charge in [-0.15, -0.1) is 11.3 Å². The summed E-state index contributed by atoms with van der Waals surface area (Å²) in [6.07, 6.45) is 6.86. The van der Waals surface area contributed by atoms with E-state index in [4.69, 9.17) is 4.42 Å². The monoisotopic (exact) mass is 370 g/mol. The minimum Gasteiger partial charge on any atom is -0.472 e. The third-order valence-electron chi connectivity index (χ3n) is 5.10. The number of nitrogens with zero attached hydrogens (tertiary/aromatic N) is 3. The van der Waals surface area contributed by atoms with Crippen molar-refractivity contribution in [1.82, 2.24) is 15.3 Å². The molecule has 6 nitrogen and oxygen atoms in total. The van der Waals surface area contributed by atoms with Crippen molar-refractivity contribution in [3.8, 4) is 0 Å². The highest BCUT2D eigenvalue weighted by molar-refractivity contribution is 7.18. The summed E-state index contributed by atoms with van der Waals surface area (Å²) in [5, 5.41) is 4.20. The van der Waals surface area contributed by atoms with Crippen molar-refractivity contribution in [3.05, 3.63) is 40.9 Å². The van der Waals surface area contributed by atoms with Crippen LogP contribution in [-0.2, 0) is 0 Å². The lowest BCUT2D eigenvalue weighted by molar-refractivity contribution is 0.0945. The van der Waals surface area contributed by atoms with Gasteiger partial charge in [-0.25, -0.2) is 9.97 Å². The van der Waals surface area contributed by atoms with Gasteiger partial charge in [0.1, 0.15) is 23.2 Å². The van der Waals surface area contributed by atoms with Gasteiger partial charge in [0.2, 0.25) is 0 Å². The molecule has 0 aliphatic carbocycles. The van der Waals surface area contributed by atoms with E-state index in [2.05, 4.69) is 34.0 Å². The third-order valence-corrected chi connectivity index (χ3v) is 6.21. The number of furan rings is 1. The Hall–Kier alpha value is -2.41. The molecular formula is C19H22N4O2S. The number of amides is 1.